The van der Waals surface area contributed by atoms with Crippen LogP contribution in [-0.4, -0.2) is 101 Å². The van der Waals surface area contributed by atoms with Crippen LogP contribution in [-0.2, 0) is 33.4 Å². The monoisotopic (exact) mass is 729 g/mol. The topological polar surface area (TPSA) is 135 Å². The average Bonchev–Trinajstić information content (AvgIpc) is 3.64. The summed E-state index contributed by atoms with van der Waals surface area (Å²) in [6, 6.07) is 6.38. The fraction of sp³-hybridized carbons (Fsp3) is 0.611. The number of nitrogens with one attached hydrogen (secondary N) is 1. The van der Waals surface area contributed by atoms with Gasteiger partial charge in [-0.1, -0.05) is 85.6 Å². The van der Waals surface area contributed by atoms with Gasteiger partial charge in [0, 0.05) is 30.6 Å². The number of cyclic esters (lactones) is 1. The molecule has 2 N–H and O–H groups in total. The molecular weight excluding hydrogens is 682 g/mol. The molecule has 2 fully saturated rings. The maximum absolute atomic E-state index is 14.9. The number of fused-ring (bicyclic) bond motifs is 2. The lowest BCUT2D eigenvalue weighted by atomic mass is 9.74. The number of hydrogen-bond donors (Lipinski definition) is 2. The number of rotatable bonds is 9. The minimum Gasteiger partial charge on any atom is -0.455 e. The number of benzene rings is 1. The molecule has 1 aromatic rings. The zero-order chi connectivity index (χ0) is 34.7. The van der Waals surface area contributed by atoms with Crippen LogP contribution in [0.1, 0.15) is 65.0 Å². The van der Waals surface area contributed by atoms with Crippen molar-refractivity contribution in [2.24, 2.45) is 17.8 Å². The molecule has 4 heterocycles. The number of hydrogen-bond acceptors (Lipinski definition) is 8. The summed E-state index contributed by atoms with van der Waals surface area (Å²) in [6.45, 7) is 7.78. The van der Waals surface area contributed by atoms with Crippen molar-refractivity contribution in [3.8, 4) is 0 Å². The zero-order valence-electron chi connectivity index (χ0n) is 28.3. The smallest absolute Gasteiger partial charge is 0.313 e. The summed E-state index contributed by atoms with van der Waals surface area (Å²) in [5, 5.41) is 13.6. The molecule has 0 saturated carbocycles. The van der Waals surface area contributed by atoms with E-state index < -0.39 is 59.6 Å². The molecule has 4 aliphatic heterocycles. The van der Waals surface area contributed by atoms with Crippen LogP contribution in [0, 0.1) is 17.8 Å². The summed E-state index contributed by atoms with van der Waals surface area (Å²) in [7, 11) is 1.51. The van der Waals surface area contributed by atoms with Crippen molar-refractivity contribution in [2.75, 3.05) is 26.9 Å². The fourth-order valence-electron chi connectivity index (χ4n) is 7.81. The summed E-state index contributed by atoms with van der Waals surface area (Å²) in [5.41, 5.74) is -0.819. The van der Waals surface area contributed by atoms with Crippen molar-refractivity contribution in [1.29, 1.82) is 0 Å². The molecule has 2 saturated heterocycles. The minimum absolute atomic E-state index is 0.0656. The van der Waals surface area contributed by atoms with Gasteiger partial charge < -0.3 is 34.4 Å². The number of allylic oxidation sites excluding steroid dienone is 1. The van der Waals surface area contributed by atoms with Crippen LogP contribution in [0.2, 0.25) is 0 Å². The Morgan fingerprint density at radius 3 is 2.46 bits per heavy atom. The van der Waals surface area contributed by atoms with Gasteiger partial charge in [0.2, 0.25) is 17.7 Å². The summed E-state index contributed by atoms with van der Waals surface area (Å²) < 4.78 is 19.0. The maximum atomic E-state index is 14.9. The number of nitrogens with zero attached hydrogens (tertiary/aromatic N) is 2. The van der Waals surface area contributed by atoms with Crippen LogP contribution in [0.4, 0.5) is 0 Å². The van der Waals surface area contributed by atoms with Gasteiger partial charge in [-0.2, -0.15) is 0 Å². The summed E-state index contributed by atoms with van der Waals surface area (Å²) in [6.07, 6.45) is 5.91. The number of likely N-dealkylation sites (tertiary alicyclic amines) is 1. The first-order valence-corrected chi connectivity index (χ1v) is 17.8. The Labute approximate surface area is 291 Å². The summed E-state index contributed by atoms with van der Waals surface area (Å²) >= 11 is 3.61. The third kappa shape index (κ3) is 6.60. The summed E-state index contributed by atoms with van der Waals surface area (Å²) in [4.78, 5) is 60.5. The SMILES string of the molecule is CCCC(C)N1C/C=C\CCC(=O)N[C@H](COC)[C@@H](c2ccccc2)OC(=O)[C@@H]2[C@H]3O[C@@]4(C=C3Br)[C@H](C1=O)N([C@@H](CO)C(C)C)C(=O)[C@@H]24. The van der Waals surface area contributed by atoms with E-state index in [1.165, 1.54) is 12.0 Å². The van der Waals surface area contributed by atoms with E-state index in [-0.39, 0.29) is 50.0 Å². The second kappa shape index (κ2) is 15.2. The number of halogens is 1. The van der Waals surface area contributed by atoms with Gasteiger partial charge in [-0.05, 0) is 37.3 Å². The third-order valence-corrected chi connectivity index (χ3v) is 10.8. The summed E-state index contributed by atoms with van der Waals surface area (Å²) in [5.74, 6) is -4.03. The molecule has 1 spiro atoms. The molecule has 0 radical (unpaired) electrons. The number of carbonyl (C=O) groups is 4. The van der Waals surface area contributed by atoms with Crippen molar-refractivity contribution < 1.29 is 38.5 Å². The largest absolute Gasteiger partial charge is 0.455 e. The maximum Gasteiger partial charge on any atom is 0.313 e. The minimum atomic E-state index is -1.46. The highest BCUT2D eigenvalue weighted by molar-refractivity contribution is 9.11. The number of aliphatic hydroxyl groups excluding tert-OH is 1. The Kier molecular flexibility index (Phi) is 11.5. The Morgan fingerprint density at radius 1 is 1.08 bits per heavy atom. The predicted molar refractivity (Wildman–Crippen MR) is 181 cm³/mol. The van der Waals surface area contributed by atoms with E-state index in [1.54, 1.807) is 11.0 Å². The molecular formula is C36H48BrN3O8. The van der Waals surface area contributed by atoms with Crippen LogP contribution in [0.15, 0.2) is 53.0 Å². The lowest BCUT2D eigenvalue weighted by molar-refractivity contribution is -0.163. The van der Waals surface area contributed by atoms with Crippen molar-refractivity contribution in [2.45, 2.75) is 95.4 Å². The number of amides is 3. The molecule has 48 heavy (non-hydrogen) atoms. The highest BCUT2D eigenvalue weighted by Gasteiger charge is 2.75. The van der Waals surface area contributed by atoms with E-state index in [2.05, 4.69) is 21.2 Å². The van der Waals surface area contributed by atoms with E-state index in [0.717, 1.165) is 12.8 Å². The van der Waals surface area contributed by atoms with E-state index in [0.29, 0.717) is 16.5 Å². The first-order chi connectivity index (χ1) is 23.0. The molecule has 1 aromatic carbocycles. The molecule has 11 nitrogen and oxygen atoms in total. The number of carbonyl (C=O) groups excluding carboxylic acids is 4. The van der Waals surface area contributed by atoms with Gasteiger partial charge in [0.25, 0.3) is 0 Å². The van der Waals surface area contributed by atoms with E-state index in [4.69, 9.17) is 14.2 Å². The Morgan fingerprint density at radius 2 is 1.81 bits per heavy atom. The highest BCUT2D eigenvalue weighted by atomic mass is 79.9. The van der Waals surface area contributed by atoms with Crippen molar-refractivity contribution in [3.05, 3.63) is 58.6 Å². The average molecular weight is 731 g/mol. The van der Waals surface area contributed by atoms with Gasteiger partial charge >= 0.3 is 5.97 Å². The first kappa shape index (κ1) is 36.2. The fourth-order valence-corrected chi connectivity index (χ4v) is 8.55. The third-order valence-electron chi connectivity index (χ3n) is 10.1. The van der Waals surface area contributed by atoms with Gasteiger partial charge in [0.1, 0.15) is 29.8 Å². The Hall–Kier alpha value is -3.06. The molecule has 9 atom stereocenters. The van der Waals surface area contributed by atoms with Gasteiger partial charge in [-0.25, -0.2) is 0 Å². The Bertz CT molecular complexity index is 1420. The second-order valence-electron chi connectivity index (χ2n) is 13.6. The predicted octanol–water partition coefficient (Wildman–Crippen LogP) is 3.66. The molecule has 1 unspecified atom stereocenters. The Balaban J connectivity index is 1.66. The number of ether oxygens (including phenoxy) is 3. The van der Waals surface area contributed by atoms with Gasteiger partial charge in [-0.15, -0.1) is 0 Å². The van der Waals surface area contributed by atoms with Crippen LogP contribution >= 0.6 is 15.9 Å². The van der Waals surface area contributed by atoms with Crippen LogP contribution in [0.3, 0.4) is 0 Å². The van der Waals surface area contributed by atoms with E-state index in [9.17, 15) is 24.3 Å². The molecule has 0 aromatic heterocycles. The van der Waals surface area contributed by atoms with E-state index >= 15 is 0 Å². The lowest BCUT2D eigenvalue weighted by Gasteiger charge is -2.41. The second-order valence-corrected chi connectivity index (χ2v) is 14.5. The van der Waals surface area contributed by atoms with Gasteiger partial charge in [-0.3, -0.25) is 19.2 Å². The van der Waals surface area contributed by atoms with Gasteiger partial charge in [0.05, 0.1) is 31.2 Å². The quantitative estimate of drug-likeness (QED) is 0.291. The molecule has 5 bridgehead atoms. The number of aliphatic hydroxyl groups is 1. The van der Waals surface area contributed by atoms with E-state index in [1.807, 2.05) is 70.2 Å². The van der Waals surface area contributed by atoms with Crippen molar-refractivity contribution >= 4 is 39.6 Å². The van der Waals surface area contributed by atoms with Gasteiger partial charge in [0.15, 0.2) is 0 Å². The van der Waals surface area contributed by atoms with Crippen molar-refractivity contribution in [1.82, 2.24) is 15.1 Å². The number of methoxy groups -OCH3 is 1. The molecule has 12 heteroatoms. The molecule has 3 amide bonds. The first-order valence-electron chi connectivity index (χ1n) is 17.0. The van der Waals surface area contributed by atoms with Crippen LogP contribution in [0.25, 0.3) is 0 Å². The van der Waals surface area contributed by atoms with Crippen LogP contribution < -0.4 is 5.32 Å². The lowest BCUT2D eigenvalue weighted by Crippen LogP contribution is -2.60. The highest BCUT2D eigenvalue weighted by Crippen LogP contribution is 2.59. The standard InChI is InChI=1S/C36H48BrN3O8/c1-6-13-22(4)39-17-12-8-11-16-27(42)38-25(20-46-5)30(23-14-9-7-10-15-23)47-35(45)28-29-33(43)40(26(19-41)21(2)3)32(34(39)44)36(29)18-24(37)31(28)48-36/h7-10,12,14-15,18,21-22,25-26,28-32,41H,6,11,13,16-17,19-20H2,1-5H3,(H,38,42)/b12-8-/t22?,25-,26+,28+,29-,30-,31+,32+,36-/m1/s1. The molecule has 5 rings (SSSR count). The molecule has 4 aliphatic rings. The molecule has 262 valence electrons. The van der Waals surface area contributed by atoms with Crippen molar-refractivity contribution in [3.63, 3.8) is 0 Å². The number of esters is 1. The molecule has 0 aliphatic carbocycles. The van der Waals surface area contributed by atoms with Crippen LogP contribution in [0.5, 0.6) is 0 Å². The zero-order valence-corrected chi connectivity index (χ0v) is 29.9. The normalized spacial score (nSPS) is 33.0.